The van der Waals surface area contributed by atoms with Crippen LogP contribution in [-0.4, -0.2) is 35.4 Å². The van der Waals surface area contributed by atoms with E-state index >= 15 is 0 Å². The highest BCUT2D eigenvalue weighted by Crippen LogP contribution is 1.98. The highest BCUT2D eigenvalue weighted by molar-refractivity contribution is 5.75. The molecule has 1 unspecified atom stereocenters. The molecule has 0 aromatic rings. The molecule has 0 aliphatic carbocycles. The first kappa shape index (κ1) is 16.8. The van der Waals surface area contributed by atoms with Gasteiger partial charge in [-0.25, -0.2) is 0 Å². The van der Waals surface area contributed by atoms with Crippen LogP contribution in [0.2, 0.25) is 0 Å². The second-order valence-electron chi connectivity index (χ2n) is 3.04. The van der Waals surface area contributed by atoms with Gasteiger partial charge in [0.2, 0.25) is 5.91 Å². The van der Waals surface area contributed by atoms with Crippen molar-refractivity contribution in [3.63, 3.8) is 0 Å². The number of unbranched alkanes of at least 4 members (excludes halogenated alkanes) is 1. The van der Waals surface area contributed by atoms with Crippen molar-refractivity contribution in [2.75, 3.05) is 13.2 Å². The summed E-state index contributed by atoms with van der Waals surface area (Å²) in [5.41, 5.74) is 0. The summed E-state index contributed by atoms with van der Waals surface area (Å²) in [5.74, 6) is 0.0581. The van der Waals surface area contributed by atoms with Crippen LogP contribution in [0.3, 0.4) is 0 Å². The Morgan fingerprint density at radius 1 is 1.33 bits per heavy atom. The van der Waals surface area contributed by atoms with Crippen molar-refractivity contribution in [1.82, 2.24) is 5.32 Å². The highest BCUT2D eigenvalue weighted by Gasteiger charge is 2.01. The normalized spacial score (nSPS) is 11.3. The van der Waals surface area contributed by atoms with E-state index in [-0.39, 0.29) is 12.5 Å². The molecule has 0 heterocycles. The van der Waals surface area contributed by atoms with Crippen molar-refractivity contribution in [3.8, 4) is 0 Å². The molecule has 1 amide bonds. The standard InChI is InChI=1S/C9H19NO3.C2H6/c1-2-9(13)10-6-4-3-5-8(12)7-11;1-2/h8,11-12H,2-7H2,1H3,(H,10,13);1-2H3. The third-order valence-corrected chi connectivity index (χ3v) is 1.82. The monoisotopic (exact) mass is 219 g/mol. The Morgan fingerprint density at radius 2 is 1.93 bits per heavy atom. The fraction of sp³-hybridized carbons (Fsp3) is 0.909. The van der Waals surface area contributed by atoms with Crippen molar-refractivity contribution in [2.45, 2.75) is 52.6 Å². The Balaban J connectivity index is 0. The molecule has 1 atom stereocenters. The van der Waals surface area contributed by atoms with E-state index < -0.39 is 6.10 Å². The molecule has 0 aliphatic rings. The van der Waals surface area contributed by atoms with Gasteiger partial charge in [0, 0.05) is 13.0 Å². The molecule has 4 heteroatoms. The number of hydrogen-bond acceptors (Lipinski definition) is 3. The van der Waals surface area contributed by atoms with Crippen LogP contribution in [-0.2, 0) is 4.79 Å². The van der Waals surface area contributed by atoms with Crippen LogP contribution in [0.4, 0.5) is 0 Å². The zero-order valence-electron chi connectivity index (χ0n) is 10.1. The molecule has 3 N–H and O–H groups in total. The second kappa shape index (κ2) is 13.4. The summed E-state index contributed by atoms with van der Waals surface area (Å²) in [7, 11) is 0. The van der Waals surface area contributed by atoms with Crippen molar-refractivity contribution in [3.05, 3.63) is 0 Å². The maximum Gasteiger partial charge on any atom is 0.219 e. The minimum absolute atomic E-state index is 0.0581. The fourth-order valence-corrected chi connectivity index (χ4v) is 0.949. The Labute approximate surface area is 92.7 Å². The summed E-state index contributed by atoms with van der Waals surface area (Å²) in [5, 5.41) is 20.2. The smallest absolute Gasteiger partial charge is 0.219 e. The molecular formula is C11H25NO3. The van der Waals surface area contributed by atoms with E-state index in [2.05, 4.69) is 5.32 Å². The van der Waals surface area contributed by atoms with E-state index in [0.717, 1.165) is 12.8 Å². The number of aliphatic hydroxyl groups is 2. The quantitative estimate of drug-likeness (QED) is 0.561. The van der Waals surface area contributed by atoms with E-state index in [0.29, 0.717) is 19.4 Å². The molecule has 0 saturated carbocycles. The van der Waals surface area contributed by atoms with Crippen LogP contribution in [0.5, 0.6) is 0 Å². The molecular weight excluding hydrogens is 194 g/mol. The Morgan fingerprint density at radius 3 is 2.40 bits per heavy atom. The average Bonchev–Trinajstić information content (AvgIpc) is 2.30. The lowest BCUT2D eigenvalue weighted by Crippen LogP contribution is -2.23. The van der Waals surface area contributed by atoms with E-state index in [1.807, 2.05) is 20.8 Å². The van der Waals surface area contributed by atoms with Crippen LogP contribution < -0.4 is 5.32 Å². The van der Waals surface area contributed by atoms with Gasteiger partial charge in [0.05, 0.1) is 12.7 Å². The maximum absolute atomic E-state index is 10.8. The zero-order valence-corrected chi connectivity index (χ0v) is 10.1. The van der Waals surface area contributed by atoms with Crippen LogP contribution in [0.15, 0.2) is 0 Å². The summed E-state index contributed by atoms with van der Waals surface area (Å²) < 4.78 is 0. The summed E-state index contributed by atoms with van der Waals surface area (Å²) in [4.78, 5) is 10.8. The van der Waals surface area contributed by atoms with Gasteiger partial charge in [0.1, 0.15) is 0 Å². The summed E-state index contributed by atoms with van der Waals surface area (Å²) in [6.07, 6.45) is 2.17. The lowest BCUT2D eigenvalue weighted by molar-refractivity contribution is -0.120. The third-order valence-electron chi connectivity index (χ3n) is 1.82. The molecule has 0 aromatic carbocycles. The molecule has 0 saturated heterocycles. The lowest BCUT2D eigenvalue weighted by atomic mass is 10.1. The van der Waals surface area contributed by atoms with Crippen molar-refractivity contribution < 1.29 is 15.0 Å². The number of aliphatic hydroxyl groups excluding tert-OH is 2. The van der Waals surface area contributed by atoms with Gasteiger partial charge in [-0.3, -0.25) is 4.79 Å². The number of nitrogens with one attached hydrogen (secondary N) is 1. The number of carbonyl (C=O) groups excluding carboxylic acids is 1. The Hall–Kier alpha value is -0.610. The van der Waals surface area contributed by atoms with Gasteiger partial charge in [-0.15, -0.1) is 0 Å². The number of hydrogen-bond donors (Lipinski definition) is 3. The van der Waals surface area contributed by atoms with E-state index in [9.17, 15) is 4.79 Å². The van der Waals surface area contributed by atoms with Gasteiger partial charge in [-0.2, -0.15) is 0 Å². The van der Waals surface area contributed by atoms with Gasteiger partial charge < -0.3 is 15.5 Å². The summed E-state index contributed by atoms with van der Waals surface area (Å²) in [6, 6.07) is 0. The highest BCUT2D eigenvalue weighted by atomic mass is 16.3. The van der Waals surface area contributed by atoms with E-state index in [4.69, 9.17) is 10.2 Å². The van der Waals surface area contributed by atoms with Gasteiger partial charge in [0.15, 0.2) is 0 Å². The predicted octanol–water partition coefficient (Wildman–Crippen LogP) is 1.06. The first-order valence-electron chi connectivity index (χ1n) is 5.76. The number of rotatable bonds is 7. The van der Waals surface area contributed by atoms with Crippen LogP contribution in [0, 0.1) is 0 Å². The minimum Gasteiger partial charge on any atom is -0.394 e. The SMILES string of the molecule is CC.CCC(=O)NCCCCC(O)CO. The van der Waals surface area contributed by atoms with E-state index in [1.165, 1.54) is 0 Å². The Bertz CT molecular complexity index is 140. The minimum atomic E-state index is -0.609. The topological polar surface area (TPSA) is 69.6 Å². The van der Waals surface area contributed by atoms with Gasteiger partial charge in [-0.1, -0.05) is 20.8 Å². The second-order valence-corrected chi connectivity index (χ2v) is 3.04. The molecule has 92 valence electrons. The average molecular weight is 219 g/mol. The van der Waals surface area contributed by atoms with Crippen molar-refractivity contribution in [1.29, 1.82) is 0 Å². The molecule has 0 aliphatic heterocycles. The molecule has 0 radical (unpaired) electrons. The molecule has 0 aromatic heterocycles. The largest absolute Gasteiger partial charge is 0.394 e. The third kappa shape index (κ3) is 13.4. The fourth-order valence-electron chi connectivity index (χ4n) is 0.949. The van der Waals surface area contributed by atoms with Crippen molar-refractivity contribution in [2.24, 2.45) is 0 Å². The van der Waals surface area contributed by atoms with Crippen LogP contribution >= 0.6 is 0 Å². The maximum atomic E-state index is 10.8. The molecule has 0 spiro atoms. The first-order valence-corrected chi connectivity index (χ1v) is 5.76. The van der Waals surface area contributed by atoms with E-state index in [1.54, 1.807) is 0 Å². The number of carbonyl (C=O) groups is 1. The lowest BCUT2D eigenvalue weighted by Gasteiger charge is -2.06. The summed E-state index contributed by atoms with van der Waals surface area (Å²) >= 11 is 0. The predicted molar refractivity (Wildman–Crippen MR) is 61.6 cm³/mol. The first-order chi connectivity index (χ1) is 7.20. The molecule has 0 rings (SSSR count). The Kier molecular flexibility index (Phi) is 15.0. The molecule has 4 nitrogen and oxygen atoms in total. The summed E-state index contributed by atoms with van der Waals surface area (Å²) in [6.45, 7) is 6.29. The van der Waals surface area contributed by atoms with Crippen molar-refractivity contribution >= 4 is 5.91 Å². The van der Waals surface area contributed by atoms with Gasteiger partial charge in [0.25, 0.3) is 0 Å². The van der Waals surface area contributed by atoms with Crippen LogP contribution in [0.1, 0.15) is 46.5 Å². The van der Waals surface area contributed by atoms with Gasteiger partial charge in [-0.05, 0) is 19.3 Å². The molecule has 0 fully saturated rings. The molecule has 0 bridgehead atoms. The number of amides is 1. The van der Waals surface area contributed by atoms with Crippen LogP contribution in [0.25, 0.3) is 0 Å². The molecule has 15 heavy (non-hydrogen) atoms. The van der Waals surface area contributed by atoms with Gasteiger partial charge >= 0.3 is 0 Å². The zero-order chi connectivity index (χ0) is 12.1.